The summed E-state index contributed by atoms with van der Waals surface area (Å²) < 4.78 is 5.25. The van der Waals surface area contributed by atoms with Gasteiger partial charge < -0.3 is 15.6 Å². The van der Waals surface area contributed by atoms with Crippen molar-refractivity contribution in [3.8, 4) is 11.1 Å². The number of urea groups is 1. The molecule has 2 aromatic heterocycles. The molecule has 0 radical (unpaired) electrons. The summed E-state index contributed by atoms with van der Waals surface area (Å²) in [6.45, 7) is 7.89. The van der Waals surface area contributed by atoms with Crippen LogP contribution >= 0.6 is 0 Å². The number of carbonyl (C=O) groups is 1. The molecule has 0 spiro atoms. The van der Waals surface area contributed by atoms with E-state index in [0.29, 0.717) is 17.3 Å². The van der Waals surface area contributed by atoms with Crippen LogP contribution in [0.1, 0.15) is 32.2 Å². The molecule has 1 aromatic carbocycles. The van der Waals surface area contributed by atoms with Gasteiger partial charge in [0.2, 0.25) is 5.95 Å². The van der Waals surface area contributed by atoms with Gasteiger partial charge in [-0.25, -0.2) is 14.8 Å². The molecule has 0 aliphatic rings. The van der Waals surface area contributed by atoms with Crippen molar-refractivity contribution in [3.63, 3.8) is 0 Å². The minimum absolute atomic E-state index is 0.177. The van der Waals surface area contributed by atoms with Crippen molar-refractivity contribution in [2.75, 3.05) is 16.4 Å². The molecule has 0 aliphatic heterocycles. The Morgan fingerprint density at radius 2 is 1.85 bits per heavy atom. The average molecular weight is 366 g/mol. The van der Waals surface area contributed by atoms with Gasteiger partial charge in [-0.3, -0.25) is 5.32 Å². The van der Waals surface area contributed by atoms with E-state index < -0.39 is 6.03 Å². The summed E-state index contributed by atoms with van der Waals surface area (Å²) in [7, 11) is 0. The molecule has 140 valence electrons. The highest BCUT2D eigenvalue weighted by atomic mass is 16.5. The zero-order valence-electron chi connectivity index (χ0n) is 15.7. The number of carbonyl (C=O) groups excluding carboxylic acids is 1. The van der Waals surface area contributed by atoms with Gasteiger partial charge in [0.05, 0.1) is 5.69 Å². The summed E-state index contributed by atoms with van der Waals surface area (Å²) in [6, 6.07) is 8.68. The highest BCUT2D eigenvalue weighted by Gasteiger charge is 2.20. The first-order valence-corrected chi connectivity index (χ1v) is 8.47. The van der Waals surface area contributed by atoms with Crippen molar-refractivity contribution in [1.82, 2.24) is 15.1 Å². The summed E-state index contributed by atoms with van der Waals surface area (Å²) in [4.78, 5) is 20.3. The van der Waals surface area contributed by atoms with Gasteiger partial charge in [-0.2, -0.15) is 0 Å². The lowest BCUT2D eigenvalue weighted by molar-refractivity contribution is 0.262. The number of benzene rings is 1. The van der Waals surface area contributed by atoms with Gasteiger partial charge in [0.15, 0.2) is 5.82 Å². The lowest BCUT2D eigenvalue weighted by Gasteiger charge is -2.12. The first kappa shape index (κ1) is 18.4. The van der Waals surface area contributed by atoms with Crippen LogP contribution in [-0.2, 0) is 5.41 Å². The fraction of sp³-hybridized carbons (Fsp3) is 0.263. The molecular formula is C19H22N6O2. The Morgan fingerprint density at radius 3 is 2.44 bits per heavy atom. The van der Waals surface area contributed by atoms with E-state index in [2.05, 4.69) is 25.8 Å². The van der Waals surface area contributed by atoms with Crippen LogP contribution in [0.5, 0.6) is 0 Å². The minimum atomic E-state index is -0.400. The molecule has 8 nitrogen and oxygen atoms in total. The number of nitrogens with zero attached hydrogens (tertiary/aromatic N) is 3. The van der Waals surface area contributed by atoms with E-state index in [9.17, 15) is 4.79 Å². The summed E-state index contributed by atoms with van der Waals surface area (Å²) in [5.74, 6) is 1.31. The lowest BCUT2D eigenvalue weighted by atomic mass is 9.93. The first-order valence-electron chi connectivity index (χ1n) is 8.47. The lowest BCUT2D eigenvalue weighted by Crippen LogP contribution is -2.19. The van der Waals surface area contributed by atoms with Crippen molar-refractivity contribution in [3.05, 3.63) is 48.0 Å². The topological polar surface area (TPSA) is 119 Å². The molecule has 2 amide bonds. The Morgan fingerprint density at radius 1 is 1.15 bits per heavy atom. The van der Waals surface area contributed by atoms with Crippen molar-refractivity contribution in [1.29, 1.82) is 0 Å². The maximum Gasteiger partial charge on any atom is 0.324 e. The van der Waals surface area contributed by atoms with Gasteiger partial charge >= 0.3 is 6.03 Å². The fourth-order valence-electron chi connectivity index (χ4n) is 2.47. The van der Waals surface area contributed by atoms with E-state index in [1.165, 1.54) is 0 Å². The molecule has 0 saturated heterocycles. The Balaban J connectivity index is 1.66. The number of hydrogen-bond donors (Lipinski definition) is 3. The molecule has 0 atom stereocenters. The van der Waals surface area contributed by atoms with Crippen LogP contribution in [-0.4, -0.2) is 21.2 Å². The van der Waals surface area contributed by atoms with E-state index in [1.807, 2.05) is 39.8 Å². The molecule has 0 bridgehead atoms. The molecule has 2 heterocycles. The van der Waals surface area contributed by atoms with Crippen LogP contribution in [0.2, 0.25) is 0 Å². The number of aromatic nitrogens is 3. The van der Waals surface area contributed by atoms with Crippen LogP contribution in [0.25, 0.3) is 11.1 Å². The van der Waals surface area contributed by atoms with Crippen molar-refractivity contribution in [2.45, 2.75) is 33.1 Å². The Bertz CT molecular complexity index is 957. The van der Waals surface area contributed by atoms with Gasteiger partial charge in [-0.15, -0.1) is 0 Å². The molecule has 4 N–H and O–H groups in total. The number of nitrogen functional groups attached to an aromatic ring is 1. The van der Waals surface area contributed by atoms with E-state index in [-0.39, 0.29) is 11.4 Å². The first-order chi connectivity index (χ1) is 12.7. The largest absolute Gasteiger partial charge is 0.368 e. The average Bonchev–Trinajstić information content (AvgIpc) is 3.04. The molecule has 3 aromatic rings. The molecule has 3 rings (SSSR count). The number of anilines is 3. The maximum absolute atomic E-state index is 12.1. The number of nitrogens with two attached hydrogens (primary N) is 1. The van der Waals surface area contributed by atoms with E-state index in [4.69, 9.17) is 10.3 Å². The number of amides is 2. The maximum atomic E-state index is 12.1. The minimum Gasteiger partial charge on any atom is -0.368 e. The molecule has 0 fully saturated rings. The predicted octanol–water partition coefficient (Wildman–Crippen LogP) is 3.96. The van der Waals surface area contributed by atoms with Crippen molar-refractivity contribution < 1.29 is 9.32 Å². The highest BCUT2D eigenvalue weighted by molar-refractivity contribution is 5.99. The Hall–Kier alpha value is -3.42. The third-order valence-electron chi connectivity index (χ3n) is 3.94. The predicted molar refractivity (Wildman–Crippen MR) is 104 cm³/mol. The number of aryl methyl sites for hydroxylation is 1. The summed E-state index contributed by atoms with van der Waals surface area (Å²) >= 11 is 0. The highest BCUT2D eigenvalue weighted by Crippen LogP contribution is 2.25. The molecule has 8 heteroatoms. The van der Waals surface area contributed by atoms with Gasteiger partial charge in [0.1, 0.15) is 5.76 Å². The second-order valence-electron chi connectivity index (χ2n) is 7.21. The van der Waals surface area contributed by atoms with Crippen LogP contribution in [0.15, 0.2) is 41.1 Å². The third-order valence-corrected chi connectivity index (χ3v) is 3.94. The molecule has 27 heavy (non-hydrogen) atoms. The molecule has 0 aliphatic carbocycles. The van der Waals surface area contributed by atoms with Crippen molar-refractivity contribution in [2.24, 2.45) is 0 Å². The second kappa shape index (κ2) is 7.06. The number of rotatable bonds is 3. The Labute approximate surface area is 157 Å². The van der Waals surface area contributed by atoms with E-state index in [1.54, 1.807) is 24.4 Å². The molecule has 0 saturated carbocycles. The van der Waals surface area contributed by atoms with Crippen LogP contribution in [0.3, 0.4) is 0 Å². The molecule has 0 unspecified atom stereocenters. The van der Waals surface area contributed by atoms with Gasteiger partial charge in [-0.1, -0.05) is 38.1 Å². The van der Waals surface area contributed by atoms with E-state index in [0.717, 1.165) is 16.8 Å². The molecular weight excluding hydrogens is 344 g/mol. The second-order valence-corrected chi connectivity index (χ2v) is 7.21. The zero-order chi connectivity index (χ0) is 19.6. The standard InChI is InChI=1S/C19H22N6O2/c1-11-14(10-21-17(20)22-11)12-5-7-13(8-6-12)23-18(26)24-16-9-15(27-25-16)19(2,3)4/h5-10H,1-4H3,(H2,20,21,22)(H2,23,24,25,26). The van der Waals surface area contributed by atoms with Gasteiger partial charge in [-0.05, 0) is 24.6 Å². The van der Waals surface area contributed by atoms with Gasteiger partial charge in [0, 0.05) is 28.9 Å². The van der Waals surface area contributed by atoms with Crippen LogP contribution in [0, 0.1) is 6.92 Å². The smallest absolute Gasteiger partial charge is 0.324 e. The monoisotopic (exact) mass is 366 g/mol. The van der Waals surface area contributed by atoms with Crippen LogP contribution in [0.4, 0.5) is 22.2 Å². The van der Waals surface area contributed by atoms with E-state index >= 15 is 0 Å². The summed E-state index contributed by atoms with van der Waals surface area (Å²) in [5, 5.41) is 9.28. The third kappa shape index (κ3) is 4.41. The normalized spacial score (nSPS) is 11.3. The number of nitrogens with one attached hydrogen (secondary N) is 2. The van der Waals surface area contributed by atoms with Crippen molar-refractivity contribution >= 4 is 23.5 Å². The Kier molecular flexibility index (Phi) is 4.81. The van der Waals surface area contributed by atoms with Crippen LogP contribution < -0.4 is 16.4 Å². The quantitative estimate of drug-likeness (QED) is 0.645. The number of hydrogen-bond acceptors (Lipinski definition) is 6. The zero-order valence-corrected chi connectivity index (χ0v) is 15.7. The fourth-order valence-corrected chi connectivity index (χ4v) is 2.47. The summed E-state index contributed by atoms with van der Waals surface area (Å²) in [5.41, 5.74) is 8.67. The SMILES string of the molecule is Cc1nc(N)ncc1-c1ccc(NC(=O)Nc2cc(C(C)(C)C)on2)cc1. The van der Waals surface area contributed by atoms with Gasteiger partial charge in [0.25, 0.3) is 0 Å². The summed E-state index contributed by atoms with van der Waals surface area (Å²) in [6.07, 6.45) is 1.68.